The molecule has 0 bridgehead atoms. The number of nitrogens with zero attached hydrogens (tertiary/aromatic N) is 1. The van der Waals surface area contributed by atoms with Gasteiger partial charge in [-0.25, -0.2) is 0 Å². The lowest BCUT2D eigenvalue weighted by Gasteiger charge is -2.15. The maximum Gasteiger partial charge on any atom is 0.0710 e. The molecule has 0 radical (unpaired) electrons. The second kappa shape index (κ2) is 9.76. The van der Waals surface area contributed by atoms with E-state index in [1.54, 1.807) is 0 Å². The van der Waals surface area contributed by atoms with Crippen molar-refractivity contribution in [2.45, 2.75) is 52.1 Å². The molecule has 0 amide bonds. The quantitative estimate of drug-likeness (QED) is 0.608. The minimum Gasteiger partial charge on any atom is -0.380 e. The second-order valence-corrected chi connectivity index (χ2v) is 5.96. The summed E-state index contributed by atoms with van der Waals surface area (Å²) in [5, 5.41) is 3.50. The van der Waals surface area contributed by atoms with Gasteiger partial charge in [-0.15, -0.1) is 0 Å². The molecule has 0 aliphatic carbocycles. The van der Waals surface area contributed by atoms with Gasteiger partial charge in [-0.3, -0.25) is 0 Å². The van der Waals surface area contributed by atoms with Crippen molar-refractivity contribution in [3.63, 3.8) is 0 Å². The van der Waals surface area contributed by atoms with E-state index in [1.807, 2.05) is 7.11 Å². The summed E-state index contributed by atoms with van der Waals surface area (Å²) in [7, 11) is 1.83. The number of methoxy groups -OCH3 is 1. The van der Waals surface area contributed by atoms with Crippen LogP contribution < -0.4 is 5.32 Å². The van der Waals surface area contributed by atoms with Gasteiger partial charge in [-0.05, 0) is 44.8 Å². The van der Waals surface area contributed by atoms with Gasteiger partial charge in [0.15, 0.2) is 0 Å². The average molecular weight is 256 g/mol. The lowest BCUT2D eigenvalue weighted by atomic mass is 10.2. The minimum atomic E-state index is 0.491. The highest BCUT2D eigenvalue weighted by molar-refractivity contribution is 4.75. The van der Waals surface area contributed by atoms with Crippen LogP contribution in [-0.4, -0.2) is 50.8 Å². The Morgan fingerprint density at radius 3 is 2.67 bits per heavy atom. The first-order valence-electron chi connectivity index (χ1n) is 7.68. The Hall–Kier alpha value is -0.120. The van der Waals surface area contributed by atoms with Crippen LogP contribution >= 0.6 is 0 Å². The van der Waals surface area contributed by atoms with Gasteiger partial charge in [0.2, 0.25) is 0 Å². The van der Waals surface area contributed by atoms with Gasteiger partial charge >= 0.3 is 0 Å². The molecule has 1 fully saturated rings. The first-order chi connectivity index (χ1) is 8.72. The summed E-state index contributed by atoms with van der Waals surface area (Å²) in [5.41, 5.74) is 0. The summed E-state index contributed by atoms with van der Waals surface area (Å²) >= 11 is 0. The smallest absolute Gasteiger partial charge is 0.0710 e. The molecule has 0 spiro atoms. The van der Waals surface area contributed by atoms with E-state index in [-0.39, 0.29) is 0 Å². The van der Waals surface area contributed by atoms with Crippen LogP contribution in [0.2, 0.25) is 0 Å². The molecule has 18 heavy (non-hydrogen) atoms. The highest BCUT2D eigenvalue weighted by Gasteiger charge is 2.20. The zero-order chi connectivity index (χ0) is 13.2. The molecule has 1 aliphatic heterocycles. The summed E-state index contributed by atoms with van der Waals surface area (Å²) < 4.78 is 5.38. The maximum atomic E-state index is 5.38. The summed E-state index contributed by atoms with van der Waals surface area (Å²) in [6.07, 6.45) is 7.12. The summed E-state index contributed by atoms with van der Waals surface area (Å²) in [4.78, 5) is 2.55. The van der Waals surface area contributed by atoms with Gasteiger partial charge in [-0.2, -0.15) is 0 Å². The molecule has 1 N–H and O–H groups in total. The van der Waals surface area contributed by atoms with Crippen molar-refractivity contribution in [2.24, 2.45) is 5.92 Å². The monoisotopic (exact) mass is 256 g/mol. The van der Waals surface area contributed by atoms with Crippen molar-refractivity contribution in [3.05, 3.63) is 0 Å². The third-order valence-electron chi connectivity index (χ3n) is 3.69. The fourth-order valence-corrected chi connectivity index (χ4v) is 2.52. The van der Waals surface area contributed by atoms with Crippen molar-refractivity contribution in [2.75, 3.05) is 39.8 Å². The fraction of sp³-hybridized carbons (Fsp3) is 1.00. The Labute approximate surface area is 113 Å². The molecule has 3 nitrogen and oxygen atoms in total. The first-order valence-corrected chi connectivity index (χ1v) is 7.68. The zero-order valence-electron chi connectivity index (χ0n) is 12.6. The Balaban J connectivity index is 1.82. The number of hydrogen-bond donors (Lipinski definition) is 1. The number of hydrogen-bond acceptors (Lipinski definition) is 3. The molecule has 0 aromatic rings. The van der Waals surface area contributed by atoms with E-state index in [0.717, 1.165) is 19.0 Å². The number of ether oxygens (including phenoxy) is 1. The molecule has 0 aromatic heterocycles. The molecule has 1 saturated heterocycles. The van der Waals surface area contributed by atoms with Crippen molar-refractivity contribution in [1.82, 2.24) is 10.2 Å². The van der Waals surface area contributed by atoms with Crippen LogP contribution in [-0.2, 0) is 4.74 Å². The Kier molecular flexibility index (Phi) is 8.64. The molecule has 0 aromatic carbocycles. The van der Waals surface area contributed by atoms with Crippen LogP contribution in [0.5, 0.6) is 0 Å². The van der Waals surface area contributed by atoms with Crippen LogP contribution in [0, 0.1) is 5.92 Å². The largest absolute Gasteiger partial charge is 0.380 e. The van der Waals surface area contributed by atoms with Gasteiger partial charge < -0.3 is 15.0 Å². The summed E-state index contributed by atoms with van der Waals surface area (Å²) in [5.74, 6) is 0.772. The predicted octanol–water partition coefficient (Wildman–Crippen LogP) is 2.51. The first kappa shape index (κ1) is 15.9. The van der Waals surface area contributed by atoms with Crippen LogP contribution in [0.1, 0.15) is 46.0 Å². The molecular weight excluding hydrogens is 224 g/mol. The fourth-order valence-electron chi connectivity index (χ4n) is 2.52. The Morgan fingerprint density at radius 2 is 2.00 bits per heavy atom. The van der Waals surface area contributed by atoms with Crippen molar-refractivity contribution in [3.8, 4) is 0 Å². The van der Waals surface area contributed by atoms with E-state index < -0.39 is 0 Å². The SMILES string of the molecule is COC1CCN(CCCCCCNCC(C)C)C1. The standard InChI is InChI=1S/C15H32N2O/c1-14(2)12-16-9-6-4-5-7-10-17-11-8-15(13-17)18-3/h14-16H,4-13H2,1-3H3. The second-order valence-electron chi connectivity index (χ2n) is 5.96. The van der Waals surface area contributed by atoms with E-state index in [2.05, 4.69) is 24.1 Å². The Morgan fingerprint density at radius 1 is 1.22 bits per heavy atom. The number of nitrogens with one attached hydrogen (secondary N) is 1. The molecular formula is C15H32N2O. The van der Waals surface area contributed by atoms with Gasteiger partial charge in [0, 0.05) is 20.2 Å². The topological polar surface area (TPSA) is 24.5 Å². The third kappa shape index (κ3) is 7.34. The molecule has 1 rings (SSSR count). The van der Waals surface area contributed by atoms with Gasteiger partial charge in [-0.1, -0.05) is 26.7 Å². The van der Waals surface area contributed by atoms with E-state index in [4.69, 9.17) is 4.74 Å². The van der Waals surface area contributed by atoms with E-state index >= 15 is 0 Å². The highest BCUT2D eigenvalue weighted by atomic mass is 16.5. The third-order valence-corrected chi connectivity index (χ3v) is 3.69. The molecule has 0 saturated carbocycles. The van der Waals surface area contributed by atoms with Crippen molar-refractivity contribution in [1.29, 1.82) is 0 Å². The molecule has 108 valence electrons. The van der Waals surface area contributed by atoms with E-state index in [0.29, 0.717) is 6.10 Å². The van der Waals surface area contributed by atoms with E-state index in [9.17, 15) is 0 Å². The number of unbranched alkanes of at least 4 members (excludes halogenated alkanes) is 3. The minimum absolute atomic E-state index is 0.491. The number of rotatable bonds is 10. The molecule has 1 atom stereocenters. The predicted molar refractivity (Wildman–Crippen MR) is 78.0 cm³/mol. The zero-order valence-corrected chi connectivity index (χ0v) is 12.6. The van der Waals surface area contributed by atoms with Gasteiger partial charge in [0.05, 0.1) is 6.10 Å². The summed E-state index contributed by atoms with van der Waals surface area (Å²) in [6.45, 7) is 10.5. The van der Waals surface area contributed by atoms with Gasteiger partial charge in [0.1, 0.15) is 0 Å². The van der Waals surface area contributed by atoms with Crippen LogP contribution in [0.15, 0.2) is 0 Å². The van der Waals surface area contributed by atoms with Gasteiger partial charge in [0.25, 0.3) is 0 Å². The summed E-state index contributed by atoms with van der Waals surface area (Å²) in [6, 6.07) is 0. The van der Waals surface area contributed by atoms with Crippen molar-refractivity contribution < 1.29 is 4.74 Å². The van der Waals surface area contributed by atoms with Crippen LogP contribution in [0.3, 0.4) is 0 Å². The average Bonchev–Trinajstić information content (AvgIpc) is 2.80. The molecule has 3 heteroatoms. The highest BCUT2D eigenvalue weighted by Crippen LogP contribution is 2.12. The lowest BCUT2D eigenvalue weighted by molar-refractivity contribution is 0.108. The molecule has 1 aliphatic rings. The lowest BCUT2D eigenvalue weighted by Crippen LogP contribution is -2.24. The number of likely N-dealkylation sites (tertiary alicyclic amines) is 1. The molecule has 1 unspecified atom stereocenters. The van der Waals surface area contributed by atoms with Crippen molar-refractivity contribution >= 4 is 0 Å². The van der Waals surface area contributed by atoms with Crippen LogP contribution in [0.4, 0.5) is 0 Å². The van der Waals surface area contributed by atoms with E-state index in [1.165, 1.54) is 51.7 Å². The maximum absolute atomic E-state index is 5.38. The van der Waals surface area contributed by atoms with Crippen LogP contribution in [0.25, 0.3) is 0 Å². The molecule has 1 heterocycles. The Bertz CT molecular complexity index is 197. The normalized spacial score (nSPS) is 21.0.